The van der Waals surface area contributed by atoms with E-state index < -0.39 is 17.5 Å². The third-order valence-electron chi connectivity index (χ3n) is 2.71. The molecule has 21 heavy (non-hydrogen) atoms. The molecule has 0 aliphatic carbocycles. The maximum Gasteiger partial charge on any atom is 0.239 e. The molecular weight excluding hydrogens is 316 g/mol. The van der Waals surface area contributed by atoms with E-state index in [1.54, 1.807) is 0 Å². The first-order valence-corrected chi connectivity index (χ1v) is 6.88. The van der Waals surface area contributed by atoms with Crippen LogP contribution in [-0.2, 0) is 4.79 Å². The SMILES string of the molecule is O=C(CCl)Nc1ccc(Cl)cc1C(=O)c1cccc(F)c1. The van der Waals surface area contributed by atoms with Crippen LogP contribution in [0.2, 0.25) is 5.02 Å². The van der Waals surface area contributed by atoms with Crippen molar-refractivity contribution in [3.63, 3.8) is 0 Å². The lowest BCUT2D eigenvalue weighted by molar-refractivity contribution is -0.113. The number of benzene rings is 2. The molecule has 1 amide bonds. The number of amides is 1. The Balaban J connectivity index is 2.44. The molecule has 0 radical (unpaired) electrons. The molecule has 6 heteroatoms. The van der Waals surface area contributed by atoms with Crippen LogP contribution >= 0.6 is 23.2 Å². The van der Waals surface area contributed by atoms with Crippen molar-refractivity contribution in [3.05, 3.63) is 64.4 Å². The maximum atomic E-state index is 13.2. The van der Waals surface area contributed by atoms with Crippen LogP contribution in [0, 0.1) is 5.82 Å². The highest BCUT2D eigenvalue weighted by Crippen LogP contribution is 2.24. The van der Waals surface area contributed by atoms with Crippen LogP contribution in [0.25, 0.3) is 0 Å². The van der Waals surface area contributed by atoms with Crippen LogP contribution < -0.4 is 5.32 Å². The molecule has 2 aromatic rings. The van der Waals surface area contributed by atoms with Crippen molar-refractivity contribution in [2.45, 2.75) is 0 Å². The molecule has 0 fully saturated rings. The number of ketones is 1. The highest BCUT2D eigenvalue weighted by atomic mass is 35.5. The number of hydrogen-bond donors (Lipinski definition) is 1. The molecule has 0 saturated heterocycles. The fraction of sp³-hybridized carbons (Fsp3) is 0.0667. The first-order chi connectivity index (χ1) is 10.0. The van der Waals surface area contributed by atoms with Crippen LogP contribution in [-0.4, -0.2) is 17.6 Å². The van der Waals surface area contributed by atoms with Gasteiger partial charge < -0.3 is 5.32 Å². The standard InChI is InChI=1S/C15H10Cl2FNO2/c16-8-14(20)19-13-5-4-10(17)7-12(13)15(21)9-2-1-3-11(18)6-9/h1-7H,8H2,(H,19,20). The second-order valence-electron chi connectivity index (χ2n) is 4.21. The van der Waals surface area contributed by atoms with Crippen LogP contribution in [0.1, 0.15) is 15.9 Å². The van der Waals surface area contributed by atoms with Gasteiger partial charge in [0, 0.05) is 16.1 Å². The van der Waals surface area contributed by atoms with Gasteiger partial charge in [-0.1, -0.05) is 23.7 Å². The zero-order chi connectivity index (χ0) is 15.4. The number of carbonyl (C=O) groups excluding carboxylic acids is 2. The topological polar surface area (TPSA) is 46.2 Å². The quantitative estimate of drug-likeness (QED) is 0.684. The van der Waals surface area contributed by atoms with E-state index in [2.05, 4.69) is 5.32 Å². The lowest BCUT2D eigenvalue weighted by atomic mass is 10.0. The average molecular weight is 326 g/mol. The van der Waals surface area contributed by atoms with Crippen molar-refractivity contribution in [2.75, 3.05) is 11.2 Å². The smallest absolute Gasteiger partial charge is 0.239 e. The van der Waals surface area contributed by atoms with Gasteiger partial charge in [0.05, 0.1) is 5.69 Å². The van der Waals surface area contributed by atoms with Gasteiger partial charge in [0.15, 0.2) is 5.78 Å². The highest BCUT2D eigenvalue weighted by Gasteiger charge is 2.16. The van der Waals surface area contributed by atoms with E-state index in [4.69, 9.17) is 23.2 Å². The summed E-state index contributed by atoms with van der Waals surface area (Å²) in [6.45, 7) is 0. The van der Waals surface area contributed by atoms with E-state index in [0.717, 1.165) is 6.07 Å². The van der Waals surface area contributed by atoms with Gasteiger partial charge in [0.25, 0.3) is 0 Å². The van der Waals surface area contributed by atoms with E-state index in [0.29, 0.717) is 5.02 Å². The Kier molecular flexibility index (Phi) is 4.94. The van der Waals surface area contributed by atoms with Crippen molar-refractivity contribution in [3.8, 4) is 0 Å². The minimum absolute atomic E-state index is 0.165. The molecule has 0 spiro atoms. The minimum Gasteiger partial charge on any atom is -0.324 e. The van der Waals surface area contributed by atoms with Crippen molar-refractivity contribution in [1.29, 1.82) is 0 Å². The summed E-state index contributed by atoms with van der Waals surface area (Å²) >= 11 is 11.3. The molecule has 108 valence electrons. The van der Waals surface area contributed by atoms with Crippen LogP contribution in [0.5, 0.6) is 0 Å². The Hall–Kier alpha value is -1.91. The third kappa shape index (κ3) is 3.80. The first kappa shape index (κ1) is 15.5. The van der Waals surface area contributed by atoms with E-state index >= 15 is 0 Å². The number of nitrogens with one attached hydrogen (secondary N) is 1. The van der Waals surface area contributed by atoms with Gasteiger partial charge in [-0.3, -0.25) is 9.59 Å². The predicted molar refractivity (Wildman–Crippen MR) is 80.6 cm³/mol. The Morgan fingerprint density at radius 1 is 1.14 bits per heavy atom. The summed E-state index contributed by atoms with van der Waals surface area (Å²) < 4.78 is 13.2. The van der Waals surface area contributed by atoms with Crippen LogP contribution in [0.3, 0.4) is 0 Å². The number of rotatable bonds is 4. The third-order valence-corrected chi connectivity index (χ3v) is 3.19. The predicted octanol–water partition coefficient (Wildman–Crippen LogP) is 3.89. The number of anilines is 1. The zero-order valence-electron chi connectivity index (χ0n) is 10.7. The van der Waals surface area contributed by atoms with E-state index in [-0.39, 0.29) is 22.7 Å². The van der Waals surface area contributed by atoms with Gasteiger partial charge in [-0.05, 0) is 30.3 Å². The van der Waals surface area contributed by atoms with Gasteiger partial charge in [-0.2, -0.15) is 0 Å². The zero-order valence-corrected chi connectivity index (χ0v) is 12.2. The number of halogens is 3. The summed E-state index contributed by atoms with van der Waals surface area (Å²) in [6.07, 6.45) is 0. The molecule has 0 aliphatic heterocycles. The van der Waals surface area contributed by atoms with E-state index in [1.807, 2.05) is 0 Å². The largest absolute Gasteiger partial charge is 0.324 e. The first-order valence-electron chi connectivity index (χ1n) is 5.97. The molecular formula is C15H10Cl2FNO2. The lowest BCUT2D eigenvalue weighted by Gasteiger charge is -2.10. The Bertz CT molecular complexity index is 704. The molecule has 0 atom stereocenters. The average Bonchev–Trinajstić information content (AvgIpc) is 2.48. The Morgan fingerprint density at radius 3 is 2.57 bits per heavy atom. The van der Waals surface area contributed by atoms with Gasteiger partial charge >= 0.3 is 0 Å². The van der Waals surface area contributed by atoms with E-state index in [9.17, 15) is 14.0 Å². The molecule has 0 bridgehead atoms. The summed E-state index contributed by atoms with van der Waals surface area (Å²) in [5.74, 6) is -1.65. The Labute approximate surface area is 130 Å². The fourth-order valence-corrected chi connectivity index (χ4v) is 2.02. The molecule has 0 unspecified atom stereocenters. The minimum atomic E-state index is -0.519. The molecule has 0 aliphatic rings. The van der Waals surface area contributed by atoms with Crippen molar-refractivity contribution < 1.29 is 14.0 Å². The number of carbonyl (C=O) groups is 2. The van der Waals surface area contributed by atoms with Gasteiger partial charge in [0.1, 0.15) is 11.7 Å². The van der Waals surface area contributed by atoms with Crippen molar-refractivity contribution in [2.24, 2.45) is 0 Å². The molecule has 2 aromatic carbocycles. The molecule has 0 aromatic heterocycles. The molecule has 1 N–H and O–H groups in total. The molecule has 3 nitrogen and oxygen atoms in total. The normalized spacial score (nSPS) is 10.2. The number of alkyl halides is 1. The maximum absolute atomic E-state index is 13.2. The summed E-state index contributed by atoms with van der Waals surface area (Å²) in [6, 6.07) is 9.73. The summed E-state index contributed by atoms with van der Waals surface area (Å²) in [4.78, 5) is 23.8. The summed E-state index contributed by atoms with van der Waals surface area (Å²) in [7, 11) is 0. The fourth-order valence-electron chi connectivity index (χ4n) is 1.78. The van der Waals surface area contributed by atoms with E-state index in [1.165, 1.54) is 36.4 Å². The molecule has 0 saturated carbocycles. The summed E-state index contributed by atoms with van der Waals surface area (Å²) in [5.41, 5.74) is 0.615. The van der Waals surface area contributed by atoms with Crippen LogP contribution in [0.15, 0.2) is 42.5 Å². The van der Waals surface area contributed by atoms with Gasteiger partial charge in [-0.15, -0.1) is 11.6 Å². The Morgan fingerprint density at radius 2 is 1.90 bits per heavy atom. The number of hydrogen-bond acceptors (Lipinski definition) is 2. The second-order valence-corrected chi connectivity index (χ2v) is 4.91. The highest BCUT2D eigenvalue weighted by molar-refractivity contribution is 6.32. The second kappa shape index (κ2) is 6.70. The molecule has 0 heterocycles. The van der Waals surface area contributed by atoms with Crippen molar-refractivity contribution in [1.82, 2.24) is 0 Å². The monoisotopic (exact) mass is 325 g/mol. The summed E-state index contributed by atoms with van der Waals surface area (Å²) in [5, 5.41) is 2.84. The van der Waals surface area contributed by atoms with Gasteiger partial charge in [0.2, 0.25) is 5.91 Å². The van der Waals surface area contributed by atoms with Crippen LogP contribution in [0.4, 0.5) is 10.1 Å². The molecule has 2 rings (SSSR count). The van der Waals surface area contributed by atoms with Gasteiger partial charge in [-0.25, -0.2) is 4.39 Å². The lowest BCUT2D eigenvalue weighted by Crippen LogP contribution is -2.16. The van der Waals surface area contributed by atoms with Crippen molar-refractivity contribution >= 4 is 40.6 Å².